The number of ether oxygens (including phenoxy) is 1. The van der Waals surface area contributed by atoms with Crippen LogP contribution in [0.1, 0.15) is 22.3 Å². The van der Waals surface area contributed by atoms with Crippen molar-refractivity contribution in [2.24, 2.45) is 0 Å². The van der Waals surface area contributed by atoms with Gasteiger partial charge in [0.25, 0.3) is 5.26 Å². The number of alkyl halides is 3. The summed E-state index contributed by atoms with van der Waals surface area (Å²) < 4.78 is 53.6. The zero-order chi connectivity index (χ0) is 11.6. The van der Waals surface area contributed by atoms with Crippen LogP contribution in [-0.4, -0.2) is 17.6 Å². The van der Waals surface area contributed by atoms with Crippen molar-refractivity contribution >= 4 is 17.3 Å². The van der Waals surface area contributed by atoms with E-state index in [-0.39, 0.29) is 17.9 Å². The van der Waals surface area contributed by atoms with Gasteiger partial charge in [-0.3, -0.25) is 0 Å². The van der Waals surface area contributed by atoms with Gasteiger partial charge in [0.2, 0.25) is 0 Å². The molecular formula is C7H5F4NO2S. The van der Waals surface area contributed by atoms with Crippen LogP contribution in [0, 0.1) is 5.26 Å². The van der Waals surface area contributed by atoms with E-state index >= 15 is 0 Å². The highest BCUT2D eigenvalue weighted by molar-refractivity contribution is 7.12. The lowest BCUT2D eigenvalue weighted by atomic mass is 10.3. The molecule has 0 amide bonds. The van der Waals surface area contributed by atoms with Gasteiger partial charge >= 0.3 is 12.1 Å². The Morgan fingerprint density at radius 1 is 1.53 bits per heavy atom. The monoisotopic (exact) mass is 243 g/mol. The van der Waals surface area contributed by atoms with E-state index in [9.17, 15) is 22.4 Å². The molecule has 15 heavy (non-hydrogen) atoms. The maximum Gasteiger partial charge on any atom is 0.435 e. The molecule has 0 N–H and O–H groups in total. The Labute approximate surface area is 85.7 Å². The van der Waals surface area contributed by atoms with Gasteiger partial charge in [-0.2, -0.15) is 17.6 Å². The summed E-state index contributed by atoms with van der Waals surface area (Å²) in [6.45, 7) is 1.35. The summed E-state index contributed by atoms with van der Waals surface area (Å²) in [5.41, 5.74) is -1.54. The fourth-order valence-corrected chi connectivity index (χ4v) is 1.53. The number of carbonyl (C=O) groups is 1. The zero-order valence-corrected chi connectivity index (χ0v) is 8.21. The first-order valence-electron chi connectivity index (χ1n) is 3.77. The highest BCUT2D eigenvalue weighted by Crippen LogP contribution is 2.34. The molecule has 0 aromatic carbocycles. The molecule has 0 spiro atoms. The number of halogens is 4. The van der Waals surface area contributed by atoms with Crippen molar-refractivity contribution in [3.05, 3.63) is 15.8 Å². The highest BCUT2D eigenvalue weighted by atomic mass is 32.1. The van der Waals surface area contributed by atoms with Crippen LogP contribution in [0.3, 0.4) is 0 Å². The summed E-state index contributed by atoms with van der Waals surface area (Å²) in [5.74, 6) is -1.22. The molecule has 0 aliphatic rings. The van der Waals surface area contributed by atoms with E-state index in [4.69, 9.17) is 0 Å². The molecule has 0 atom stereocenters. The largest absolute Gasteiger partial charge is 0.462 e. The average molecular weight is 243 g/mol. The van der Waals surface area contributed by atoms with Crippen molar-refractivity contribution in [3.8, 4) is 0 Å². The molecule has 0 bridgehead atoms. The average Bonchev–Trinajstić information content (AvgIpc) is 2.47. The smallest absolute Gasteiger partial charge is 0.435 e. The van der Waals surface area contributed by atoms with Crippen molar-refractivity contribution < 1.29 is 27.1 Å². The number of nitrogens with zero attached hydrogens (tertiary/aromatic N) is 1. The normalized spacial score (nSPS) is 11.5. The Bertz CT molecular complexity index is 374. The van der Waals surface area contributed by atoms with Crippen molar-refractivity contribution in [2.45, 2.75) is 13.1 Å². The number of hydrogen-bond acceptors (Lipinski definition) is 4. The van der Waals surface area contributed by atoms with Gasteiger partial charge in [0.05, 0.1) is 6.61 Å². The van der Waals surface area contributed by atoms with Crippen LogP contribution in [-0.2, 0) is 10.9 Å². The van der Waals surface area contributed by atoms with Crippen LogP contribution in [0.4, 0.5) is 17.6 Å². The fraction of sp³-hybridized carbons (Fsp3) is 0.429. The first-order valence-corrected chi connectivity index (χ1v) is 4.58. The van der Waals surface area contributed by atoms with Crippen LogP contribution in [0.25, 0.3) is 0 Å². The number of esters is 1. The third kappa shape index (κ3) is 2.65. The molecular weight excluding hydrogens is 238 g/mol. The Morgan fingerprint density at radius 3 is 2.60 bits per heavy atom. The molecule has 0 saturated heterocycles. The standard InChI is InChI=1S/C7H5F4NO2S/c1-2-14-5(13)3-4(7(9,10)11)12-6(8)15-3/h2H2,1H3. The van der Waals surface area contributed by atoms with E-state index in [1.54, 1.807) is 0 Å². The van der Waals surface area contributed by atoms with Crippen LogP contribution >= 0.6 is 11.3 Å². The summed E-state index contributed by atoms with van der Waals surface area (Å²) >= 11 is 0.0170. The zero-order valence-electron chi connectivity index (χ0n) is 7.39. The topological polar surface area (TPSA) is 39.2 Å². The van der Waals surface area contributed by atoms with Gasteiger partial charge in [0.15, 0.2) is 5.69 Å². The first-order chi connectivity index (χ1) is 6.86. The number of hydrogen-bond donors (Lipinski definition) is 0. The molecule has 3 nitrogen and oxygen atoms in total. The van der Waals surface area contributed by atoms with E-state index < -0.39 is 28.0 Å². The maximum absolute atomic E-state index is 12.5. The lowest BCUT2D eigenvalue weighted by Crippen LogP contribution is -2.13. The van der Waals surface area contributed by atoms with Gasteiger partial charge < -0.3 is 4.74 Å². The molecule has 1 aromatic heterocycles. The van der Waals surface area contributed by atoms with E-state index in [0.29, 0.717) is 0 Å². The minimum absolute atomic E-state index is 0.0170. The van der Waals surface area contributed by atoms with Gasteiger partial charge in [0.1, 0.15) is 4.88 Å². The van der Waals surface area contributed by atoms with Crippen LogP contribution < -0.4 is 0 Å². The fourth-order valence-electron chi connectivity index (χ4n) is 0.821. The van der Waals surface area contributed by atoms with E-state index in [1.807, 2.05) is 0 Å². The highest BCUT2D eigenvalue weighted by Gasteiger charge is 2.40. The summed E-state index contributed by atoms with van der Waals surface area (Å²) in [5, 5.41) is -1.31. The van der Waals surface area contributed by atoms with Gasteiger partial charge in [-0.1, -0.05) is 11.3 Å². The second-order valence-electron chi connectivity index (χ2n) is 2.36. The SMILES string of the molecule is CCOC(=O)c1sc(F)nc1C(F)(F)F. The van der Waals surface area contributed by atoms with Crippen LogP contribution in [0.15, 0.2) is 0 Å². The number of rotatable bonds is 2. The minimum atomic E-state index is -4.86. The van der Waals surface area contributed by atoms with Crippen molar-refractivity contribution in [3.63, 3.8) is 0 Å². The molecule has 0 aliphatic heterocycles. The number of aromatic nitrogens is 1. The van der Waals surface area contributed by atoms with Crippen molar-refractivity contribution in [1.29, 1.82) is 0 Å². The molecule has 1 heterocycles. The molecule has 0 radical (unpaired) electrons. The van der Waals surface area contributed by atoms with Crippen molar-refractivity contribution in [2.75, 3.05) is 6.61 Å². The Hall–Kier alpha value is -1.18. The second kappa shape index (κ2) is 4.13. The lowest BCUT2D eigenvalue weighted by Gasteiger charge is -2.04. The molecule has 1 aromatic rings. The Kier molecular flexibility index (Phi) is 3.28. The number of thiazole rings is 1. The van der Waals surface area contributed by atoms with E-state index in [2.05, 4.69) is 9.72 Å². The Morgan fingerprint density at radius 2 is 2.13 bits per heavy atom. The van der Waals surface area contributed by atoms with Gasteiger partial charge in [-0.15, -0.1) is 0 Å². The van der Waals surface area contributed by atoms with E-state index in [0.717, 1.165) is 0 Å². The predicted molar refractivity (Wildman–Crippen MR) is 43.0 cm³/mol. The minimum Gasteiger partial charge on any atom is -0.462 e. The van der Waals surface area contributed by atoms with Crippen molar-refractivity contribution in [1.82, 2.24) is 4.98 Å². The summed E-state index contributed by atoms with van der Waals surface area (Å²) in [6, 6.07) is 0. The first kappa shape index (κ1) is 11.9. The van der Waals surface area contributed by atoms with Gasteiger partial charge in [0, 0.05) is 0 Å². The summed E-state index contributed by atoms with van der Waals surface area (Å²) in [7, 11) is 0. The molecule has 8 heteroatoms. The van der Waals surface area contributed by atoms with Crippen LogP contribution in [0.2, 0.25) is 0 Å². The molecule has 1 rings (SSSR count). The molecule has 0 saturated carbocycles. The van der Waals surface area contributed by atoms with Gasteiger partial charge in [-0.25, -0.2) is 9.78 Å². The third-order valence-corrected chi connectivity index (χ3v) is 2.15. The van der Waals surface area contributed by atoms with E-state index in [1.165, 1.54) is 6.92 Å². The molecule has 84 valence electrons. The predicted octanol–water partition coefficient (Wildman–Crippen LogP) is 2.48. The summed E-state index contributed by atoms with van der Waals surface area (Å²) in [6.07, 6.45) is -4.86. The molecule has 0 unspecified atom stereocenters. The maximum atomic E-state index is 12.5. The lowest BCUT2D eigenvalue weighted by molar-refractivity contribution is -0.141. The molecule has 0 fully saturated rings. The van der Waals surface area contributed by atoms with Gasteiger partial charge in [-0.05, 0) is 6.92 Å². The second-order valence-corrected chi connectivity index (χ2v) is 3.31. The third-order valence-electron chi connectivity index (χ3n) is 1.33. The van der Waals surface area contributed by atoms with Crippen LogP contribution in [0.5, 0.6) is 0 Å². The summed E-state index contributed by atoms with van der Waals surface area (Å²) in [4.78, 5) is 12.8. The quantitative estimate of drug-likeness (QED) is 0.591. The molecule has 0 aliphatic carbocycles. The Balaban J connectivity index is 3.12. The number of carbonyl (C=O) groups excluding carboxylic acids is 1.